The standard InChI is InChI=1S/C20H34O4/c1-13(2)15-8-9-20(5)18(24-20)7-6-14(3)10-16(21)12-19(4,23)17(22)11-15/h11,13-14,17-18,22-23H,6-10,12H2,1-5H3/t14-,17-,18-,19-,20-/m1/s1. The summed E-state index contributed by atoms with van der Waals surface area (Å²) in [5.74, 6) is 0.589. The molecule has 4 nitrogen and oxygen atoms in total. The molecule has 0 spiro atoms. The Hall–Kier alpha value is -0.710. The van der Waals surface area contributed by atoms with Crippen LogP contribution in [0.3, 0.4) is 0 Å². The molecule has 1 heterocycles. The highest BCUT2D eigenvalue weighted by molar-refractivity contribution is 5.79. The molecule has 0 saturated carbocycles. The average molecular weight is 338 g/mol. The van der Waals surface area contributed by atoms with Crippen molar-refractivity contribution in [3.05, 3.63) is 11.6 Å². The molecular formula is C20H34O4. The third-order valence-corrected chi connectivity index (χ3v) is 5.75. The summed E-state index contributed by atoms with van der Waals surface area (Å²) in [5.41, 5.74) is -0.366. The van der Waals surface area contributed by atoms with Crippen LogP contribution < -0.4 is 0 Å². The van der Waals surface area contributed by atoms with E-state index in [-0.39, 0.29) is 23.7 Å². The molecule has 24 heavy (non-hydrogen) atoms. The van der Waals surface area contributed by atoms with Gasteiger partial charge in [0.2, 0.25) is 0 Å². The van der Waals surface area contributed by atoms with Crippen LogP contribution in [0, 0.1) is 11.8 Å². The summed E-state index contributed by atoms with van der Waals surface area (Å²) >= 11 is 0. The number of fused-ring (bicyclic) bond motifs is 1. The van der Waals surface area contributed by atoms with E-state index in [0.29, 0.717) is 18.4 Å². The van der Waals surface area contributed by atoms with E-state index in [1.165, 1.54) is 0 Å². The summed E-state index contributed by atoms with van der Waals surface area (Å²) in [6.45, 7) is 9.98. The highest BCUT2D eigenvalue weighted by atomic mass is 16.6. The smallest absolute Gasteiger partial charge is 0.136 e. The first-order valence-corrected chi connectivity index (χ1v) is 9.34. The fourth-order valence-corrected chi connectivity index (χ4v) is 3.72. The number of carbonyl (C=O) groups excluding carboxylic acids is 1. The summed E-state index contributed by atoms with van der Waals surface area (Å²) < 4.78 is 5.93. The lowest BCUT2D eigenvalue weighted by Crippen LogP contribution is -2.40. The number of allylic oxidation sites excluding steroid dienone is 1. The summed E-state index contributed by atoms with van der Waals surface area (Å²) in [7, 11) is 0. The minimum atomic E-state index is -1.41. The number of Topliss-reactive ketones (excluding diaryl/α,β-unsaturated/α-hetero) is 1. The van der Waals surface area contributed by atoms with Gasteiger partial charge >= 0.3 is 0 Å². The zero-order valence-electron chi connectivity index (χ0n) is 15.8. The molecule has 0 radical (unpaired) electrons. The lowest BCUT2D eigenvalue weighted by molar-refractivity contribution is -0.128. The Bertz CT molecular complexity index is 494. The van der Waals surface area contributed by atoms with Crippen molar-refractivity contribution >= 4 is 5.78 Å². The van der Waals surface area contributed by atoms with E-state index in [4.69, 9.17) is 4.74 Å². The Balaban J connectivity index is 2.21. The highest BCUT2D eigenvalue weighted by Gasteiger charge is 2.51. The monoisotopic (exact) mass is 338 g/mol. The number of aliphatic hydroxyl groups excluding tert-OH is 1. The molecule has 2 rings (SSSR count). The number of carbonyl (C=O) groups is 1. The molecule has 2 N–H and O–H groups in total. The van der Waals surface area contributed by atoms with E-state index < -0.39 is 11.7 Å². The normalized spacial score (nSPS) is 42.2. The molecule has 4 heteroatoms. The first-order chi connectivity index (χ1) is 11.0. The number of hydrogen-bond acceptors (Lipinski definition) is 4. The average Bonchev–Trinajstić information content (AvgIpc) is 3.10. The number of epoxide rings is 1. The lowest BCUT2D eigenvalue weighted by atomic mass is 9.84. The predicted molar refractivity (Wildman–Crippen MR) is 94.7 cm³/mol. The van der Waals surface area contributed by atoms with Gasteiger partial charge in [-0.2, -0.15) is 0 Å². The van der Waals surface area contributed by atoms with Crippen LogP contribution in [0.5, 0.6) is 0 Å². The van der Waals surface area contributed by atoms with Gasteiger partial charge in [0.05, 0.1) is 17.3 Å². The van der Waals surface area contributed by atoms with Crippen LogP contribution in [0.4, 0.5) is 0 Å². The molecule has 0 aromatic heterocycles. The highest BCUT2D eigenvalue weighted by Crippen LogP contribution is 2.45. The van der Waals surface area contributed by atoms with Gasteiger partial charge in [-0.3, -0.25) is 4.79 Å². The van der Waals surface area contributed by atoms with Crippen LogP contribution in [-0.4, -0.2) is 39.4 Å². The van der Waals surface area contributed by atoms with Gasteiger partial charge in [0.15, 0.2) is 0 Å². The van der Waals surface area contributed by atoms with Gasteiger partial charge in [-0.1, -0.05) is 32.4 Å². The molecule has 0 unspecified atom stereocenters. The van der Waals surface area contributed by atoms with E-state index in [1.54, 1.807) is 13.0 Å². The molecule has 1 aliphatic heterocycles. The van der Waals surface area contributed by atoms with Gasteiger partial charge in [0.25, 0.3) is 0 Å². The summed E-state index contributed by atoms with van der Waals surface area (Å²) in [6, 6.07) is 0. The minimum Gasteiger partial charge on any atom is -0.387 e. The van der Waals surface area contributed by atoms with Crippen LogP contribution in [0.2, 0.25) is 0 Å². The summed E-state index contributed by atoms with van der Waals surface area (Å²) in [4.78, 5) is 12.3. The van der Waals surface area contributed by atoms with E-state index in [1.807, 2.05) is 0 Å². The Morgan fingerprint density at radius 1 is 1.29 bits per heavy atom. The fourth-order valence-electron chi connectivity index (χ4n) is 3.72. The number of ketones is 1. The predicted octanol–water partition coefficient (Wildman–Crippen LogP) is 3.40. The number of rotatable bonds is 1. The third-order valence-electron chi connectivity index (χ3n) is 5.75. The Labute approximate surface area is 146 Å². The summed E-state index contributed by atoms with van der Waals surface area (Å²) in [5, 5.41) is 21.1. The molecule has 0 bridgehead atoms. The van der Waals surface area contributed by atoms with Crippen molar-refractivity contribution in [2.45, 2.75) is 96.6 Å². The largest absolute Gasteiger partial charge is 0.387 e. The number of ether oxygens (including phenoxy) is 1. The van der Waals surface area contributed by atoms with Crippen LogP contribution in [0.15, 0.2) is 11.6 Å². The van der Waals surface area contributed by atoms with Crippen molar-refractivity contribution in [3.63, 3.8) is 0 Å². The first kappa shape index (κ1) is 19.6. The van der Waals surface area contributed by atoms with Gasteiger partial charge in [0.1, 0.15) is 11.9 Å². The Morgan fingerprint density at radius 2 is 1.96 bits per heavy atom. The number of hydrogen-bond donors (Lipinski definition) is 2. The van der Waals surface area contributed by atoms with Crippen molar-refractivity contribution in [1.29, 1.82) is 0 Å². The van der Waals surface area contributed by atoms with Crippen molar-refractivity contribution in [2.24, 2.45) is 11.8 Å². The van der Waals surface area contributed by atoms with Crippen LogP contribution in [0.25, 0.3) is 0 Å². The molecule has 1 fully saturated rings. The van der Waals surface area contributed by atoms with E-state index in [9.17, 15) is 15.0 Å². The SMILES string of the molecule is CC(C)C1=C[C@@H](O)[C@](C)(O)CC(=O)C[C@H](C)CC[C@H]2O[C@]2(C)CC1. The molecule has 1 aliphatic carbocycles. The van der Waals surface area contributed by atoms with Crippen LogP contribution in [-0.2, 0) is 9.53 Å². The molecular weight excluding hydrogens is 304 g/mol. The first-order valence-electron chi connectivity index (χ1n) is 9.34. The molecule has 0 aromatic rings. The topological polar surface area (TPSA) is 70.1 Å². The van der Waals surface area contributed by atoms with Crippen LogP contribution in [0.1, 0.15) is 73.1 Å². The van der Waals surface area contributed by atoms with Gasteiger partial charge in [-0.25, -0.2) is 0 Å². The van der Waals surface area contributed by atoms with Gasteiger partial charge < -0.3 is 14.9 Å². The maximum absolute atomic E-state index is 12.3. The third kappa shape index (κ3) is 4.90. The van der Waals surface area contributed by atoms with Crippen molar-refractivity contribution in [1.82, 2.24) is 0 Å². The maximum Gasteiger partial charge on any atom is 0.136 e. The van der Waals surface area contributed by atoms with E-state index >= 15 is 0 Å². The molecule has 0 amide bonds. The second kappa shape index (κ2) is 7.27. The van der Waals surface area contributed by atoms with Crippen molar-refractivity contribution in [3.8, 4) is 0 Å². The van der Waals surface area contributed by atoms with Gasteiger partial charge in [0, 0.05) is 12.8 Å². The second-order valence-electron chi connectivity index (χ2n) is 8.72. The zero-order valence-corrected chi connectivity index (χ0v) is 15.8. The zero-order chi connectivity index (χ0) is 18.1. The minimum absolute atomic E-state index is 0.00196. The maximum atomic E-state index is 12.3. The van der Waals surface area contributed by atoms with Crippen molar-refractivity contribution in [2.75, 3.05) is 0 Å². The lowest BCUT2D eigenvalue weighted by Gasteiger charge is -2.28. The van der Waals surface area contributed by atoms with E-state index in [2.05, 4.69) is 27.7 Å². The second-order valence-corrected chi connectivity index (χ2v) is 8.72. The van der Waals surface area contributed by atoms with E-state index in [0.717, 1.165) is 31.3 Å². The Kier molecular flexibility index (Phi) is 5.94. The Morgan fingerprint density at radius 3 is 2.58 bits per heavy atom. The van der Waals surface area contributed by atoms with Crippen molar-refractivity contribution < 1.29 is 19.7 Å². The van der Waals surface area contributed by atoms with Crippen LogP contribution >= 0.6 is 0 Å². The molecule has 138 valence electrons. The molecule has 5 atom stereocenters. The van der Waals surface area contributed by atoms with Gasteiger partial charge in [-0.15, -0.1) is 0 Å². The number of aliphatic hydroxyl groups is 2. The quantitative estimate of drug-likeness (QED) is 0.568. The summed E-state index contributed by atoms with van der Waals surface area (Å²) in [6.07, 6.45) is 5.21. The molecule has 2 aliphatic rings. The fraction of sp³-hybridized carbons (Fsp3) is 0.850. The van der Waals surface area contributed by atoms with Gasteiger partial charge in [-0.05, 0) is 51.4 Å². The molecule has 0 aromatic carbocycles. The molecule has 1 saturated heterocycles.